The summed E-state index contributed by atoms with van der Waals surface area (Å²) >= 11 is 1.72. The molecule has 2 atom stereocenters. The van der Waals surface area contributed by atoms with Crippen molar-refractivity contribution in [3.8, 4) is 0 Å². The average Bonchev–Trinajstić information content (AvgIpc) is 2.70. The van der Waals surface area contributed by atoms with E-state index in [4.69, 9.17) is 10.5 Å². The van der Waals surface area contributed by atoms with Gasteiger partial charge in [-0.3, -0.25) is 0 Å². The largest absolute Gasteiger partial charge is 0.373 e. The lowest BCUT2D eigenvalue weighted by molar-refractivity contribution is -0.0249. The quantitative estimate of drug-likeness (QED) is 0.788. The molecule has 1 aromatic heterocycles. The van der Waals surface area contributed by atoms with Crippen LogP contribution in [0.2, 0.25) is 0 Å². The van der Waals surface area contributed by atoms with E-state index in [1.165, 1.54) is 12.0 Å². The number of thiophene rings is 1. The van der Waals surface area contributed by atoms with Gasteiger partial charge in [-0.05, 0) is 41.8 Å². The lowest BCUT2D eigenvalue weighted by atomic mass is 9.91. The maximum Gasteiger partial charge on any atom is 0.0873 e. The first-order valence-corrected chi connectivity index (χ1v) is 5.70. The lowest BCUT2D eigenvalue weighted by Gasteiger charge is -2.30. The predicted molar refractivity (Wildman–Crippen MR) is 54.8 cm³/mol. The van der Waals surface area contributed by atoms with Gasteiger partial charge in [-0.15, -0.1) is 0 Å². The highest BCUT2D eigenvalue weighted by atomic mass is 32.1. The number of hydrogen-bond acceptors (Lipinski definition) is 3. The molecule has 0 amide bonds. The van der Waals surface area contributed by atoms with E-state index < -0.39 is 0 Å². The van der Waals surface area contributed by atoms with Gasteiger partial charge in [-0.1, -0.05) is 0 Å². The number of hydrogen-bond donors (Lipinski definition) is 1. The Balaban J connectivity index is 2.11. The fourth-order valence-corrected chi connectivity index (χ4v) is 2.57. The smallest absolute Gasteiger partial charge is 0.0873 e. The van der Waals surface area contributed by atoms with Crippen molar-refractivity contribution in [1.29, 1.82) is 0 Å². The molecule has 1 aromatic rings. The van der Waals surface area contributed by atoms with Gasteiger partial charge in [0.2, 0.25) is 0 Å². The first-order valence-electron chi connectivity index (χ1n) is 4.75. The summed E-state index contributed by atoms with van der Waals surface area (Å²) in [6, 6.07) is 2.14. The molecule has 0 aliphatic carbocycles. The summed E-state index contributed by atoms with van der Waals surface area (Å²) in [6.45, 7) is 1.62. The van der Waals surface area contributed by atoms with E-state index in [0.717, 1.165) is 19.6 Å². The topological polar surface area (TPSA) is 35.2 Å². The zero-order valence-corrected chi connectivity index (χ0v) is 8.43. The third kappa shape index (κ3) is 1.93. The van der Waals surface area contributed by atoms with E-state index in [1.807, 2.05) is 0 Å². The van der Waals surface area contributed by atoms with Gasteiger partial charge < -0.3 is 10.5 Å². The first kappa shape index (κ1) is 9.19. The lowest BCUT2D eigenvalue weighted by Crippen LogP contribution is -2.28. The monoisotopic (exact) mass is 197 g/mol. The third-order valence-corrected chi connectivity index (χ3v) is 3.32. The van der Waals surface area contributed by atoms with Crippen LogP contribution in [0.5, 0.6) is 0 Å². The van der Waals surface area contributed by atoms with Gasteiger partial charge in [0.1, 0.15) is 0 Å². The predicted octanol–water partition coefficient (Wildman–Crippen LogP) is 2.17. The normalized spacial score (nSPS) is 29.0. The van der Waals surface area contributed by atoms with Crippen LogP contribution in [0.4, 0.5) is 0 Å². The second-order valence-corrected chi connectivity index (χ2v) is 4.27. The molecule has 1 aliphatic rings. The third-order valence-electron chi connectivity index (χ3n) is 2.62. The second kappa shape index (κ2) is 4.22. The molecule has 3 heteroatoms. The zero-order chi connectivity index (χ0) is 9.10. The van der Waals surface area contributed by atoms with Crippen molar-refractivity contribution in [2.45, 2.75) is 18.9 Å². The van der Waals surface area contributed by atoms with Gasteiger partial charge in [0, 0.05) is 12.5 Å². The van der Waals surface area contributed by atoms with Crippen LogP contribution in [0, 0.1) is 5.92 Å². The molecule has 2 nitrogen and oxygen atoms in total. The fourth-order valence-electron chi connectivity index (χ4n) is 1.89. The summed E-state index contributed by atoms with van der Waals surface area (Å²) in [4.78, 5) is 0. The maximum atomic E-state index is 5.75. The summed E-state index contributed by atoms with van der Waals surface area (Å²) in [6.07, 6.45) is 2.62. The minimum absolute atomic E-state index is 0.255. The number of rotatable bonds is 2. The van der Waals surface area contributed by atoms with E-state index in [2.05, 4.69) is 16.8 Å². The molecule has 0 spiro atoms. The van der Waals surface area contributed by atoms with E-state index in [9.17, 15) is 0 Å². The molecule has 0 radical (unpaired) electrons. The Bertz CT molecular complexity index is 247. The van der Waals surface area contributed by atoms with Crippen LogP contribution in [0.3, 0.4) is 0 Å². The van der Waals surface area contributed by atoms with Crippen LogP contribution < -0.4 is 5.73 Å². The fraction of sp³-hybridized carbons (Fsp3) is 0.600. The molecule has 1 fully saturated rings. The molecule has 13 heavy (non-hydrogen) atoms. The Hall–Kier alpha value is -0.380. The highest BCUT2D eigenvalue weighted by Crippen LogP contribution is 2.33. The standard InChI is InChI=1S/C10H15NOS/c11-6-8-2-1-4-12-10(8)9-3-5-13-7-9/h3,5,7-8,10H,1-2,4,6,11H2. The van der Waals surface area contributed by atoms with E-state index in [0.29, 0.717) is 5.92 Å². The van der Waals surface area contributed by atoms with E-state index in [-0.39, 0.29) is 6.10 Å². The van der Waals surface area contributed by atoms with Crippen LogP contribution in [0.15, 0.2) is 16.8 Å². The van der Waals surface area contributed by atoms with Gasteiger partial charge in [0.25, 0.3) is 0 Å². The van der Waals surface area contributed by atoms with Crippen molar-refractivity contribution >= 4 is 11.3 Å². The maximum absolute atomic E-state index is 5.75. The number of ether oxygens (including phenoxy) is 1. The van der Waals surface area contributed by atoms with Crippen molar-refractivity contribution in [3.05, 3.63) is 22.4 Å². The van der Waals surface area contributed by atoms with Gasteiger partial charge in [-0.25, -0.2) is 0 Å². The molecule has 2 unspecified atom stereocenters. The molecule has 0 bridgehead atoms. The molecule has 2 rings (SSSR count). The van der Waals surface area contributed by atoms with Gasteiger partial charge in [0.15, 0.2) is 0 Å². The Morgan fingerprint density at radius 3 is 3.23 bits per heavy atom. The number of nitrogens with two attached hydrogens (primary N) is 1. The summed E-state index contributed by atoms with van der Waals surface area (Å²) in [5, 5.41) is 4.26. The molecular formula is C10H15NOS. The van der Waals surface area contributed by atoms with Crippen molar-refractivity contribution in [3.63, 3.8) is 0 Å². The van der Waals surface area contributed by atoms with Crippen LogP contribution in [-0.2, 0) is 4.74 Å². The van der Waals surface area contributed by atoms with Crippen LogP contribution >= 0.6 is 11.3 Å². The summed E-state index contributed by atoms with van der Waals surface area (Å²) in [7, 11) is 0. The first-order chi connectivity index (χ1) is 6.42. The Morgan fingerprint density at radius 1 is 1.62 bits per heavy atom. The van der Waals surface area contributed by atoms with Gasteiger partial charge in [0.05, 0.1) is 6.10 Å². The molecule has 2 heterocycles. The van der Waals surface area contributed by atoms with E-state index >= 15 is 0 Å². The van der Waals surface area contributed by atoms with Crippen LogP contribution in [0.25, 0.3) is 0 Å². The molecule has 1 saturated heterocycles. The van der Waals surface area contributed by atoms with Crippen molar-refractivity contribution < 1.29 is 4.74 Å². The van der Waals surface area contributed by atoms with E-state index in [1.54, 1.807) is 11.3 Å². The Labute approximate surface area is 82.7 Å². The highest BCUT2D eigenvalue weighted by Gasteiger charge is 2.26. The van der Waals surface area contributed by atoms with Gasteiger partial charge >= 0.3 is 0 Å². The summed E-state index contributed by atoms with van der Waals surface area (Å²) < 4.78 is 5.75. The Kier molecular flexibility index (Phi) is 2.98. The minimum Gasteiger partial charge on any atom is -0.373 e. The van der Waals surface area contributed by atoms with Gasteiger partial charge in [-0.2, -0.15) is 11.3 Å². The van der Waals surface area contributed by atoms with Crippen LogP contribution in [0.1, 0.15) is 24.5 Å². The van der Waals surface area contributed by atoms with Crippen molar-refractivity contribution in [2.75, 3.05) is 13.2 Å². The Morgan fingerprint density at radius 2 is 2.54 bits per heavy atom. The minimum atomic E-state index is 0.255. The summed E-state index contributed by atoms with van der Waals surface area (Å²) in [5.74, 6) is 0.517. The molecule has 0 aromatic carbocycles. The van der Waals surface area contributed by atoms with Crippen molar-refractivity contribution in [1.82, 2.24) is 0 Å². The van der Waals surface area contributed by atoms with Crippen LogP contribution in [-0.4, -0.2) is 13.2 Å². The SMILES string of the molecule is NCC1CCCOC1c1ccsc1. The zero-order valence-electron chi connectivity index (χ0n) is 7.61. The molecule has 72 valence electrons. The summed E-state index contributed by atoms with van der Waals surface area (Å²) in [5.41, 5.74) is 7.03. The molecular weight excluding hydrogens is 182 g/mol. The second-order valence-electron chi connectivity index (χ2n) is 3.49. The average molecular weight is 197 g/mol. The van der Waals surface area contributed by atoms with Crippen molar-refractivity contribution in [2.24, 2.45) is 11.7 Å². The molecule has 0 saturated carbocycles. The molecule has 2 N–H and O–H groups in total. The highest BCUT2D eigenvalue weighted by molar-refractivity contribution is 7.07. The molecule has 1 aliphatic heterocycles.